The maximum Gasteiger partial charge on any atom is 0.276 e. The van der Waals surface area contributed by atoms with Gasteiger partial charge in [0, 0.05) is 27.4 Å². The molecule has 28 heavy (non-hydrogen) atoms. The van der Waals surface area contributed by atoms with Crippen molar-refractivity contribution < 1.29 is 4.79 Å². The van der Waals surface area contributed by atoms with Crippen LogP contribution in [0.1, 0.15) is 34.2 Å². The number of aryl methyl sites for hydroxylation is 1. The Morgan fingerprint density at radius 2 is 1.96 bits per heavy atom. The number of fused-ring (bicyclic) bond motifs is 1. The van der Waals surface area contributed by atoms with Crippen LogP contribution in [-0.2, 0) is 0 Å². The van der Waals surface area contributed by atoms with Crippen molar-refractivity contribution in [2.24, 2.45) is 0 Å². The number of nitrogens with one attached hydrogen (secondary N) is 1. The molecule has 3 aromatic rings. The number of carbonyl (C=O) groups excluding carboxylic acids is 1. The number of amides is 1. The number of nitrogens with zero attached hydrogens (tertiary/aromatic N) is 2. The van der Waals surface area contributed by atoms with Crippen LogP contribution >= 0.6 is 23.4 Å². The van der Waals surface area contributed by atoms with Crippen molar-refractivity contribution >= 4 is 29.3 Å². The van der Waals surface area contributed by atoms with E-state index in [9.17, 15) is 9.59 Å². The number of thioether (sulfide) groups is 1. The van der Waals surface area contributed by atoms with Crippen LogP contribution in [0.25, 0.3) is 5.69 Å². The summed E-state index contributed by atoms with van der Waals surface area (Å²) in [5.41, 5.74) is 1.95. The fraction of sp³-hybridized carbons (Fsp3) is 0.190. The lowest BCUT2D eigenvalue weighted by Gasteiger charge is -2.25. The average molecular weight is 412 g/mol. The predicted molar refractivity (Wildman–Crippen MR) is 112 cm³/mol. The smallest absolute Gasteiger partial charge is 0.276 e. The number of halogens is 1. The Balaban J connectivity index is 1.66. The molecule has 0 bridgehead atoms. The number of aromatic nitrogens is 2. The van der Waals surface area contributed by atoms with E-state index in [1.807, 2.05) is 18.2 Å². The maximum absolute atomic E-state index is 12.9. The molecule has 2 heterocycles. The predicted octanol–water partition coefficient (Wildman–Crippen LogP) is 4.16. The van der Waals surface area contributed by atoms with Gasteiger partial charge in [-0.25, -0.2) is 4.68 Å². The van der Waals surface area contributed by atoms with Gasteiger partial charge in [-0.3, -0.25) is 9.59 Å². The second-order valence-corrected chi connectivity index (χ2v) is 8.16. The van der Waals surface area contributed by atoms with Crippen LogP contribution in [0.5, 0.6) is 0 Å². The molecule has 1 aromatic heterocycles. The van der Waals surface area contributed by atoms with Gasteiger partial charge in [0.05, 0.1) is 11.7 Å². The van der Waals surface area contributed by atoms with Crippen LogP contribution in [-0.4, -0.2) is 21.4 Å². The van der Waals surface area contributed by atoms with E-state index in [1.165, 1.54) is 6.07 Å². The SMILES string of the molecule is Cc1cc(=O)c(C(=O)N[C@@H]2CCSc3ccccc32)nn1-c1ccc(Cl)cc1. The highest BCUT2D eigenvalue weighted by molar-refractivity contribution is 7.99. The number of benzene rings is 2. The van der Waals surface area contributed by atoms with E-state index in [2.05, 4.69) is 16.5 Å². The van der Waals surface area contributed by atoms with Crippen molar-refractivity contribution in [2.45, 2.75) is 24.3 Å². The molecule has 1 aliphatic rings. The minimum atomic E-state index is -0.459. The molecular weight excluding hydrogens is 394 g/mol. The zero-order valence-corrected chi connectivity index (χ0v) is 16.8. The van der Waals surface area contributed by atoms with E-state index in [1.54, 1.807) is 47.6 Å². The Morgan fingerprint density at radius 3 is 2.75 bits per heavy atom. The Bertz CT molecular complexity index is 1100. The van der Waals surface area contributed by atoms with Crippen molar-refractivity contribution in [3.8, 4) is 5.69 Å². The first-order chi connectivity index (χ1) is 13.5. The van der Waals surface area contributed by atoms with Crippen LogP contribution in [0.4, 0.5) is 0 Å². The van der Waals surface area contributed by atoms with Gasteiger partial charge in [0.15, 0.2) is 5.69 Å². The van der Waals surface area contributed by atoms with Gasteiger partial charge in [-0.2, -0.15) is 5.10 Å². The van der Waals surface area contributed by atoms with Gasteiger partial charge >= 0.3 is 0 Å². The minimum absolute atomic E-state index is 0.115. The van der Waals surface area contributed by atoms with Gasteiger partial charge in [0.1, 0.15) is 0 Å². The molecule has 1 atom stereocenters. The van der Waals surface area contributed by atoms with Gasteiger partial charge < -0.3 is 5.32 Å². The highest BCUT2D eigenvalue weighted by Crippen LogP contribution is 2.35. The molecule has 0 saturated carbocycles. The van der Waals surface area contributed by atoms with Crippen LogP contribution in [0, 0.1) is 6.92 Å². The first-order valence-corrected chi connectivity index (χ1v) is 10.3. The van der Waals surface area contributed by atoms with E-state index in [0.717, 1.165) is 28.3 Å². The molecule has 0 aliphatic carbocycles. The van der Waals surface area contributed by atoms with E-state index < -0.39 is 11.3 Å². The normalized spacial score (nSPS) is 15.7. The van der Waals surface area contributed by atoms with Crippen LogP contribution in [0.3, 0.4) is 0 Å². The molecule has 0 radical (unpaired) electrons. The van der Waals surface area contributed by atoms with E-state index >= 15 is 0 Å². The van der Waals surface area contributed by atoms with E-state index in [-0.39, 0.29) is 11.7 Å². The van der Waals surface area contributed by atoms with Gasteiger partial charge in [-0.15, -0.1) is 11.8 Å². The monoisotopic (exact) mass is 411 g/mol. The summed E-state index contributed by atoms with van der Waals surface area (Å²) < 4.78 is 1.58. The van der Waals surface area contributed by atoms with Gasteiger partial charge in [-0.1, -0.05) is 29.8 Å². The maximum atomic E-state index is 12.9. The molecule has 0 spiro atoms. The fourth-order valence-electron chi connectivity index (χ4n) is 3.27. The molecule has 1 amide bonds. The molecule has 1 N–H and O–H groups in total. The summed E-state index contributed by atoms with van der Waals surface area (Å²) in [7, 11) is 0. The Labute approximate surface area is 171 Å². The molecule has 5 nitrogen and oxygen atoms in total. The Hall–Kier alpha value is -2.57. The minimum Gasteiger partial charge on any atom is -0.344 e. The standard InChI is InChI=1S/C21H18ClN3O2S/c1-13-12-18(26)20(24-25(13)15-8-6-14(22)7-9-15)21(27)23-17-10-11-28-19-5-3-2-4-16(17)19/h2-9,12,17H,10-11H2,1H3,(H,23,27)/t17-/m1/s1. The number of carbonyl (C=O) groups is 1. The van der Waals surface area contributed by atoms with Crippen molar-refractivity contribution in [1.29, 1.82) is 0 Å². The summed E-state index contributed by atoms with van der Waals surface area (Å²) in [6.45, 7) is 1.78. The van der Waals surface area contributed by atoms with E-state index in [0.29, 0.717) is 10.7 Å². The van der Waals surface area contributed by atoms with Gasteiger partial charge in [0.25, 0.3) is 5.91 Å². The quantitative estimate of drug-likeness (QED) is 0.702. The van der Waals surface area contributed by atoms with Crippen molar-refractivity contribution in [2.75, 3.05) is 5.75 Å². The summed E-state index contributed by atoms with van der Waals surface area (Å²) in [6.07, 6.45) is 0.810. The zero-order chi connectivity index (χ0) is 19.7. The molecule has 1 aliphatic heterocycles. The van der Waals surface area contributed by atoms with Crippen LogP contribution in [0.15, 0.2) is 64.3 Å². The molecule has 2 aromatic carbocycles. The first kappa shape index (κ1) is 18.8. The van der Waals surface area contributed by atoms with E-state index in [4.69, 9.17) is 11.6 Å². The number of hydrogen-bond acceptors (Lipinski definition) is 4. The lowest BCUT2D eigenvalue weighted by molar-refractivity contribution is 0.0927. The molecule has 0 unspecified atom stereocenters. The second-order valence-electron chi connectivity index (χ2n) is 6.59. The third kappa shape index (κ3) is 3.70. The zero-order valence-electron chi connectivity index (χ0n) is 15.2. The van der Waals surface area contributed by atoms with Gasteiger partial charge in [0.2, 0.25) is 5.43 Å². The van der Waals surface area contributed by atoms with Crippen LogP contribution in [0.2, 0.25) is 5.02 Å². The fourth-order valence-corrected chi connectivity index (χ4v) is 4.52. The van der Waals surface area contributed by atoms with Gasteiger partial charge in [-0.05, 0) is 49.2 Å². The summed E-state index contributed by atoms with van der Waals surface area (Å²) in [5, 5.41) is 7.93. The van der Waals surface area contributed by atoms with Crippen molar-refractivity contribution in [3.05, 3.63) is 86.8 Å². The highest BCUT2D eigenvalue weighted by atomic mass is 35.5. The van der Waals surface area contributed by atoms with Crippen molar-refractivity contribution in [3.63, 3.8) is 0 Å². The second kappa shape index (κ2) is 7.81. The largest absolute Gasteiger partial charge is 0.344 e. The highest BCUT2D eigenvalue weighted by Gasteiger charge is 2.24. The summed E-state index contributed by atoms with van der Waals surface area (Å²) in [4.78, 5) is 26.5. The lowest BCUT2D eigenvalue weighted by atomic mass is 10.0. The third-order valence-electron chi connectivity index (χ3n) is 4.66. The number of hydrogen-bond donors (Lipinski definition) is 1. The molecule has 7 heteroatoms. The Kier molecular flexibility index (Phi) is 5.24. The van der Waals surface area contributed by atoms with Crippen LogP contribution < -0.4 is 10.7 Å². The molecular formula is C21H18ClN3O2S. The number of rotatable bonds is 3. The summed E-state index contributed by atoms with van der Waals surface area (Å²) in [6, 6.07) is 16.4. The molecule has 0 saturated heterocycles. The first-order valence-electron chi connectivity index (χ1n) is 8.92. The third-order valence-corrected chi connectivity index (χ3v) is 6.03. The molecule has 142 valence electrons. The summed E-state index contributed by atoms with van der Waals surface area (Å²) in [5.74, 6) is 0.456. The van der Waals surface area contributed by atoms with Crippen molar-refractivity contribution in [1.82, 2.24) is 15.1 Å². The Morgan fingerprint density at radius 1 is 1.21 bits per heavy atom. The lowest BCUT2D eigenvalue weighted by Crippen LogP contribution is -2.35. The average Bonchev–Trinajstić information content (AvgIpc) is 2.69. The topological polar surface area (TPSA) is 64.0 Å². The molecule has 0 fully saturated rings. The molecule has 4 rings (SSSR count). The summed E-state index contributed by atoms with van der Waals surface area (Å²) >= 11 is 7.73.